The lowest BCUT2D eigenvalue weighted by molar-refractivity contribution is -0.116. The number of rotatable bonds is 7. The third kappa shape index (κ3) is 7.06. The van der Waals surface area contributed by atoms with E-state index in [4.69, 9.17) is 5.11 Å². The van der Waals surface area contributed by atoms with Crippen LogP contribution < -0.4 is 10.0 Å². The first-order valence-electron chi connectivity index (χ1n) is 5.49. The largest absolute Gasteiger partial charge is 0.392 e. The van der Waals surface area contributed by atoms with Crippen LogP contribution in [0.25, 0.3) is 6.08 Å². The Labute approximate surface area is 116 Å². The van der Waals surface area contributed by atoms with E-state index in [0.29, 0.717) is 0 Å². The molecule has 0 aromatic carbocycles. The number of amides is 1. The first-order chi connectivity index (χ1) is 8.90. The van der Waals surface area contributed by atoms with Gasteiger partial charge in [0.1, 0.15) is 0 Å². The van der Waals surface area contributed by atoms with E-state index in [9.17, 15) is 13.2 Å². The molecule has 0 saturated carbocycles. The molecule has 0 fully saturated rings. The Morgan fingerprint density at radius 1 is 1.47 bits per heavy atom. The van der Waals surface area contributed by atoms with E-state index < -0.39 is 10.0 Å². The summed E-state index contributed by atoms with van der Waals surface area (Å²) >= 11 is 1.43. The zero-order valence-corrected chi connectivity index (χ0v) is 12.1. The van der Waals surface area contributed by atoms with Gasteiger partial charge in [-0.15, -0.1) is 11.3 Å². The monoisotopic (exact) mass is 304 g/mol. The molecule has 8 heteroatoms. The van der Waals surface area contributed by atoms with Crippen LogP contribution >= 0.6 is 11.3 Å². The van der Waals surface area contributed by atoms with Gasteiger partial charge < -0.3 is 10.4 Å². The average Bonchev–Trinajstić information content (AvgIpc) is 2.79. The molecule has 0 bridgehead atoms. The van der Waals surface area contributed by atoms with E-state index >= 15 is 0 Å². The molecular formula is C11H16N2O4S2. The Morgan fingerprint density at radius 3 is 2.79 bits per heavy atom. The summed E-state index contributed by atoms with van der Waals surface area (Å²) in [6.07, 6.45) is 4.07. The zero-order valence-electron chi connectivity index (χ0n) is 10.4. The van der Waals surface area contributed by atoms with Crippen molar-refractivity contribution < 1.29 is 18.3 Å². The number of carbonyl (C=O) groups excluding carboxylic acids is 1. The molecule has 0 aliphatic rings. The van der Waals surface area contributed by atoms with Gasteiger partial charge in [0.15, 0.2) is 0 Å². The van der Waals surface area contributed by atoms with Gasteiger partial charge in [-0.05, 0) is 23.1 Å². The van der Waals surface area contributed by atoms with Gasteiger partial charge in [0.2, 0.25) is 15.9 Å². The Bertz CT molecular complexity index is 549. The van der Waals surface area contributed by atoms with Crippen molar-refractivity contribution in [3.05, 3.63) is 28.0 Å². The molecule has 3 N–H and O–H groups in total. The summed E-state index contributed by atoms with van der Waals surface area (Å²) in [6, 6.07) is 1.79. The van der Waals surface area contributed by atoms with Crippen molar-refractivity contribution in [2.24, 2.45) is 0 Å². The van der Waals surface area contributed by atoms with Crippen LogP contribution in [-0.4, -0.2) is 38.8 Å². The van der Waals surface area contributed by atoms with Crippen molar-refractivity contribution in [2.75, 3.05) is 19.3 Å². The maximum absolute atomic E-state index is 11.4. The molecule has 0 aliphatic heterocycles. The van der Waals surface area contributed by atoms with Crippen LogP contribution in [0.2, 0.25) is 0 Å². The molecule has 1 rings (SSSR count). The number of hydrogen-bond acceptors (Lipinski definition) is 5. The molecule has 106 valence electrons. The van der Waals surface area contributed by atoms with Gasteiger partial charge in [-0.25, -0.2) is 13.1 Å². The predicted octanol–water partition coefficient (Wildman–Crippen LogP) is -0.0810. The Balaban J connectivity index is 2.31. The second kappa shape index (κ2) is 7.39. The summed E-state index contributed by atoms with van der Waals surface area (Å²) in [5.41, 5.74) is 0.808. The molecule has 0 saturated heterocycles. The van der Waals surface area contributed by atoms with Crippen molar-refractivity contribution in [3.63, 3.8) is 0 Å². The van der Waals surface area contributed by atoms with Gasteiger partial charge in [0, 0.05) is 24.0 Å². The summed E-state index contributed by atoms with van der Waals surface area (Å²) in [5, 5.41) is 13.2. The number of nitrogens with one attached hydrogen (secondary N) is 2. The first-order valence-corrected chi connectivity index (χ1v) is 8.26. The lowest BCUT2D eigenvalue weighted by Gasteiger charge is -2.02. The fourth-order valence-electron chi connectivity index (χ4n) is 1.20. The molecular weight excluding hydrogens is 288 g/mol. The van der Waals surface area contributed by atoms with Crippen LogP contribution in [0.3, 0.4) is 0 Å². The number of aliphatic hydroxyl groups is 1. The topological polar surface area (TPSA) is 95.5 Å². The molecule has 1 aromatic heterocycles. The molecule has 0 spiro atoms. The Kier molecular flexibility index (Phi) is 6.16. The number of sulfonamides is 1. The van der Waals surface area contributed by atoms with E-state index in [-0.39, 0.29) is 25.6 Å². The van der Waals surface area contributed by atoms with Gasteiger partial charge in [-0.2, -0.15) is 0 Å². The van der Waals surface area contributed by atoms with Crippen molar-refractivity contribution in [1.29, 1.82) is 0 Å². The van der Waals surface area contributed by atoms with Crippen LogP contribution in [0.1, 0.15) is 10.4 Å². The minimum absolute atomic E-state index is 0.0201. The van der Waals surface area contributed by atoms with Crippen LogP contribution in [0.4, 0.5) is 0 Å². The fourth-order valence-corrected chi connectivity index (χ4v) is 2.47. The minimum Gasteiger partial charge on any atom is -0.392 e. The Hall–Kier alpha value is -1.22. The van der Waals surface area contributed by atoms with E-state index in [0.717, 1.165) is 16.7 Å². The maximum atomic E-state index is 11.4. The summed E-state index contributed by atoms with van der Waals surface area (Å²) in [5.74, 6) is -0.297. The highest BCUT2D eigenvalue weighted by molar-refractivity contribution is 7.88. The molecule has 19 heavy (non-hydrogen) atoms. The number of aliphatic hydroxyl groups excluding tert-OH is 1. The van der Waals surface area contributed by atoms with Crippen LogP contribution in [0.5, 0.6) is 0 Å². The second-order valence-corrected chi connectivity index (χ2v) is 6.58. The number of hydrogen-bond donors (Lipinski definition) is 3. The highest BCUT2D eigenvalue weighted by atomic mass is 32.2. The summed E-state index contributed by atoms with van der Waals surface area (Å²) in [4.78, 5) is 12.3. The summed E-state index contributed by atoms with van der Waals surface area (Å²) < 4.78 is 23.8. The third-order valence-corrected chi connectivity index (χ3v) is 3.72. The number of thiophene rings is 1. The molecule has 0 atom stereocenters. The average molecular weight is 304 g/mol. The van der Waals surface area contributed by atoms with Crippen molar-refractivity contribution in [3.8, 4) is 0 Å². The van der Waals surface area contributed by atoms with Crippen LogP contribution in [0, 0.1) is 0 Å². The van der Waals surface area contributed by atoms with Gasteiger partial charge in [-0.1, -0.05) is 0 Å². The Morgan fingerprint density at radius 2 is 2.21 bits per heavy atom. The van der Waals surface area contributed by atoms with E-state index in [2.05, 4.69) is 10.0 Å². The molecule has 1 aromatic rings. The van der Waals surface area contributed by atoms with Gasteiger partial charge >= 0.3 is 0 Å². The molecule has 1 heterocycles. The van der Waals surface area contributed by atoms with Crippen LogP contribution in [-0.2, 0) is 21.4 Å². The van der Waals surface area contributed by atoms with Gasteiger partial charge in [-0.3, -0.25) is 4.79 Å². The summed E-state index contributed by atoms with van der Waals surface area (Å²) in [6.45, 7) is 0.363. The molecule has 0 aliphatic carbocycles. The zero-order chi connectivity index (χ0) is 14.3. The normalized spacial score (nSPS) is 11.9. The maximum Gasteiger partial charge on any atom is 0.244 e. The van der Waals surface area contributed by atoms with E-state index in [1.54, 1.807) is 12.1 Å². The van der Waals surface area contributed by atoms with Crippen molar-refractivity contribution >= 4 is 33.3 Å². The predicted molar refractivity (Wildman–Crippen MR) is 75.1 cm³/mol. The summed E-state index contributed by atoms with van der Waals surface area (Å²) in [7, 11) is -3.22. The lowest BCUT2D eigenvalue weighted by atomic mass is 10.3. The van der Waals surface area contributed by atoms with Gasteiger partial charge in [0.05, 0.1) is 12.9 Å². The van der Waals surface area contributed by atoms with Gasteiger partial charge in [0.25, 0.3) is 0 Å². The van der Waals surface area contributed by atoms with Crippen molar-refractivity contribution in [2.45, 2.75) is 6.61 Å². The minimum atomic E-state index is -3.22. The first kappa shape index (κ1) is 15.8. The van der Waals surface area contributed by atoms with E-state index in [1.165, 1.54) is 17.4 Å². The fraction of sp³-hybridized carbons (Fsp3) is 0.364. The van der Waals surface area contributed by atoms with E-state index in [1.807, 2.05) is 5.38 Å². The molecule has 0 radical (unpaired) electrons. The number of carbonyl (C=O) groups is 1. The highest BCUT2D eigenvalue weighted by Gasteiger charge is 2.00. The standard InChI is InChI=1S/C11H16N2O4S2/c1-19(16,17)13-5-4-12-11(15)3-2-10-6-9(7-14)8-18-10/h2-3,6,8,13-14H,4-5,7H2,1H3,(H,12,15)/b3-2+. The lowest BCUT2D eigenvalue weighted by Crippen LogP contribution is -2.33. The third-order valence-electron chi connectivity index (χ3n) is 2.04. The SMILES string of the molecule is CS(=O)(=O)NCCNC(=O)/C=C/c1cc(CO)cs1. The molecule has 6 nitrogen and oxygen atoms in total. The quantitative estimate of drug-likeness (QED) is 0.485. The smallest absolute Gasteiger partial charge is 0.244 e. The molecule has 0 unspecified atom stereocenters. The highest BCUT2D eigenvalue weighted by Crippen LogP contribution is 2.15. The van der Waals surface area contributed by atoms with Crippen molar-refractivity contribution in [1.82, 2.24) is 10.0 Å². The second-order valence-electron chi connectivity index (χ2n) is 3.81. The molecule has 1 amide bonds. The van der Waals surface area contributed by atoms with Crippen LogP contribution in [0.15, 0.2) is 17.5 Å².